The van der Waals surface area contributed by atoms with Gasteiger partial charge in [-0.15, -0.1) is 11.3 Å². The number of halogens is 1. The Morgan fingerprint density at radius 3 is 2.57 bits per heavy atom. The quantitative estimate of drug-likeness (QED) is 0.194. The number of phenolic OH excluding ortho intramolecular Hbond substituents is 1. The van der Waals surface area contributed by atoms with Crippen LogP contribution in [0.3, 0.4) is 0 Å². The predicted octanol–water partition coefficient (Wildman–Crippen LogP) is 6.23. The number of allylic oxidation sites excluding steroid dienone is 2. The topological polar surface area (TPSA) is 122 Å². The largest absolute Gasteiger partial charge is 0.508 e. The summed E-state index contributed by atoms with van der Waals surface area (Å²) < 4.78 is 8.14. The highest BCUT2D eigenvalue weighted by molar-refractivity contribution is 7.22. The Hall–Kier alpha value is -4.48. The summed E-state index contributed by atoms with van der Waals surface area (Å²) in [6.45, 7) is 5.85. The molecule has 12 heteroatoms. The minimum atomic E-state index is -1.32. The Morgan fingerprint density at radius 2 is 1.84 bits per heavy atom. The van der Waals surface area contributed by atoms with Gasteiger partial charge in [0.05, 0.1) is 35.2 Å². The van der Waals surface area contributed by atoms with Crippen LogP contribution in [0.2, 0.25) is 5.02 Å². The highest BCUT2D eigenvalue weighted by Gasteiger charge is 2.68. The molecule has 0 spiro atoms. The number of ether oxygens (including phenoxy) is 1. The van der Waals surface area contributed by atoms with E-state index in [1.807, 2.05) is 31.2 Å². The summed E-state index contributed by atoms with van der Waals surface area (Å²) in [6.07, 6.45) is 2.54. The second-order valence-corrected chi connectivity index (χ2v) is 15.2. The molecule has 3 fully saturated rings. The Labute approximate surface area is 291 Å². The molecule has 2 aliphatic carbocycles. The third kappa shape index (κ3) is 4.27. The van der Waals surface area contributed by atoms with Crippen LogP contribution in [0.4, 0.5) is 5.82 Å². The van der Waals surface area contributed by atoms with Gasteiger partial charge in [-0.1, -0.05) is 23.3 Å². The van der Waals surface area contributed by atoms with Crippen LogP contribution >= 0.6 is 22.9 Å². The number of fused-ring (bicyclic) bond motifs is 5. The van der Waals surface area contributed by atoms with Crippen molar-refractivity contribution >= 4 is 62.5 Å². The summed E-state index contributed by atoms with van der Waals surface area (Å²) in [7, 11) is 3.24. The minimum Gasteiger partial charge on any atom is -0.508 e. The Morgan fingerprint density at radius 1 is 1.06 bits per heavy atom. The van der Waals surface area contributed by atoms with Crippen molar-refractivity contribution in [3.05, 3.63) is 70.3 Å². The molecule has 252 valence electrons. The number of rotatable bonds is 5. The van der Waals surface area contributed by atoms with Crippen molar-refractivity contribution in [1.82, 2.24) is 14.7 Å². The van der Waals surface area contributed by atoms with Crippen molar-refractivity contribution < 1.29 is 29.0 Å². The van der Waals surface area contributed by atoms with Gasteiger partial charge in [0.2, 0.25) is 23.6 Å². The molecule has 0 unspecified atom stereocenters. The molecular formula is C37H35ClN4O6S. The zero-order valence-corrected chi connectivity index (χ0v) is 29.3. The van der Waals surface area contributed by atoms with Crippen molar-refractivity contribution in [3.63, 3.8) is 0 Å². The highest BCUT2D eigenvalue weighted by Crippen LogP contribution is 2.64. The Kier molecular flexibility index (Phi) is 7.14. The average molecular weight is 699 g/mol. The van der Waals surface area contributed by atoms with Crippen molar-refractivity contribution in [2.75, 3.05) is 18.6 Å². The number of imide groups is 2. The third-order valence-electron chi connectivity index (χ3n) is 11.4. The maximum atomic E-state index is 15.0. The van der Waals surface area contributed by atoms with Gasteiger partial charge in [0, 0.05) is 40.9 Å². The van der Waals surface area contributed by atoms with Gasteiger partial charge in [-0.3, -0.25) is 28.8 Å². The standard InChI is InChI=1S/C37H35ClN4O6S/c1-6-41-33(44)21-10-9-20-23(30(21)35(41)46)15-25-34(45)42(36(47)37(25,3)31(20)24-14-19(48-5)8-11-27(24)43)29-16-26(39-40(29)4)32-17(2)22-13-18(38)7-12-28(22)49-32/h7-9,11-14,16,21,23,25,30-31,43H,6,10,15H2,1-5H3/t21-,23+,25-,30-,31+,37+/m0/s1. The monoisotopic (exact) mass is 698 g/mol. The van der Waals surface area contributed by atoms with Gasteiger partial charge in [-0.05, 0) is 86.9 Å². The maximum absolute atomic E-state index is 15.0. The lowest BCUT2D eigenvalue weighted by atomic mass is 9.51. The van der Waals surface area contributed by atoms with Gasteiger partial charge in [-0.2, -0.15) is 5.10 Å². The summed E-state index contributed by atoms with van der Waals surface area (Å²) in [5.74, 6) is -3.67. The van der Waals surface area contributed by atoms with Gasteiger partial charge >= 0.3 is 0 Å². The van der Waals surface area contributed by atoms with Crippen LogP contribution in [-0.4, -0.2) is 57.1 Å². The third-order valence-corrected chi connectivity index (χ3v) is 13.0. The maximum Gasteiger partial charge on any atom is 0.242 e. The lowest BCUT2D eigenvalue weighted by molar-refractivity contribution is -0.140. The molecule has 6 atom stereocenters. The average Bonchev–Trinajstić information content (AvgIpc) is 3.75. The molecule has 1 saturated carbocycles. The van der Waals surface area contributed by atoms with Crippen molar-refractivity contribution in [3.8, 4) is 22.1 Å². The van der Waals surface area contributed by atoms with Gasteiger partial charge in [0.15, 0.2) is 0 Å². The van der Waals surface area contributed by atoms with Gasteiger partial charge in [0.1, 0.15) is 23.0 Å². The van der Waals surface area contributed by atoms with E-state index in [9.17, 15) is 24.3 Å². The summed E-state index contributed by atoms with van der Waals surface area (Å²) >= 11 is 7.86. The number of carbonyl (C=O) groups excluding carboxylic acids is 4. The van der Waals surface area contributed by atoms with Crippen molar-refractivity contribution in [2.45, 2.75) is 39.5 Å². The van der Waals surface area contributed by atoms with Crippen LogP contribution in [0.25, 0.3) is 20.7 Å². The number of anilines is 1. The van der Waals surface area contributed by atoms with E-state index in [0.717, 1.165) is 26.1 Å². The van der Waals surface area contributed by atoms with Crippen LogP contribution in [0, 0.1) is 36.0 Å². The first-order valence-corrected chi connectivity index (χ1v) is 17.6. The van der Waals surface area contributed by atoms with Gasteiger partial charge in [-0.25, -0.2) is 4.90 Å². The van der Waals surface area contributed by atoms with Crippen LogP contribution in [0.15, 0.2) is 54.1 Å². The first kappa shape index (κ1) is 31.8. The predicted molar refractivity (Wildman–Crippen MR) is 185 cm³/mol. The van der Waals surface area contributed by atoms with Gasteiger partial charge in [0.25, 0.3) is 0 Å². The number of phenols is 1. The smallest absolute Gasteiger partial charge is 0.242 e. The molecule has 10 nitrogen and oxygen atoms in total. The zero-order chi connectivity index (χ0) is 34.7. The Bertz CT molecular complexity index is 2170. The van der Waals surface area contributed by atoms with E-state index in [0.29, 0.717) is 34.3 Å². The van der Waals surface area contributed by atoms with E-state index >= 15 is 0 Å². The second kappa shape index (κ2) is 11.0. The minimum absolute atomic E-state index is 0.0414. The summed E-state index contributed by atoms with van der Waals surface area (Å²) in [6, 6.07) is 12.4. The molecule has 49 heavy (non-hydrogen) atoms. The SMILES string of the molecule is CCN1C(=O)[C@H]2[C@H](CC=C3[C@H]2C[C@H]2C(=O)N(c4cc(-c5sc6ccc(Cl)cc6c5C)nn4C)C(=O)[C@@]2(C)[C@H]3c2cc(OC)ccc2O)C1=O. The van der Waals surface area contributed by atoms with E-state index in [-0.39, 0.29) is 36.4 Å². The molecule has 0 bridgehead atoms. The number of aromatic hydroxyl groups is 1. The fourth-order valence-corrected chi connectivity index (χ4v) is 10.4. The normalized spacial score (nSPS) is 27.9. The molecule has 4 heterocycles. The first-order valence-electron chi connectivity index (χ1n) is 16.4. The van der Waals surface area contributed by atoms with E-state index in [1.54, 1.807) is 55.1 Å². The van der Waals surface area contributed by atoms with Crippen LogP contribution in [-0.2, 0) is 26.2 Å². The van der Waals surface area contributed by atoms with Crippen LogP contribution < -0.4 is 9.64 Å². The molecule has 2 aromatic heterocycles. The number of carbonyl (C=O) groups is 4. The molecule has 1 N–H and O–H groups in total. The number of thiophene rings is 1. The number of benzene rings is 2. The van der Waals surface area contributed by atoms with Crippen molar-refractivity contribution in [1.29, 1.82) is 0 Å². The lowest BCUT2D eigenvalue weighted by Crippen LogP contribution is -2.49. The summed E-state index contributed by atoms with van der Waals surface area (Å²) in [5, 5.41) is 17.8. The number of likely N-dealkylation sites (tertiary alicyclic amines) is 1. The number of hydrogen-bond donors (Lipinski definition) is 1. The van der Waals surface area contributed by atoms with E-state index in [4.69, 9.17) is 21.4 Å². The number of aryl methyl sites for hydroxylation is 2. The molecule has 4 amide bonds. The van der Waals surface area contributed by atoms with Crippen molar-refractivity contribution in [2.24, 2.45) is 36.1 Å². The fraction of sp³-hybridized carbons (Fsp3) is 0.378. The number of aromatic nitrogens is 2. The first-order chi connectivity index (χ1) is 23.4. The van der Waals surface area contributed by atoms with Crippen LogP contribution in [0.1, 0.15) is 43.7 Å². The molecule has 2 saturated heterocycles. The summed E-state index contributed by atoms with van der Waals surface area (Å²) in [4.78, 5) is 60.2. The molecular weight excluding hydrogens is 664 g/mol. The fourth-order valence-electron chi connectivity index (χ4n) is 9.06. The van der Waals surface area contributed by atoms with Crippen LogP contribution in [0.5, 0.6) is 11.5 Å². The highest BCUT2D eigenvalue weighted by atomic mass is 35.5. The molecule has 2 aliphatic heterocycles. The van der Waals surface area contributed by atoms with E-state index in [2.05, 4.69) is 0 Å². The number of hydrogen-bond acceptors (Lipinski definition) is 8. The Balaban J connectivity index is 1.27. The number of nitrogens with zero attached hydrogens (tertiary/aromatic N) is 4. The molecule has 0 radical (unpaired) electrons. The molecule has 4 aromatic rings. The molecule has 2 aromatic carbocycles. The summed E-state index contributed by atoms with van der Waals surface area (Å²) in [5.41, 5.74) is 1.56. The second-order valence-electron chi connectivity index (χ2n) is 13.7. The lowest BCUT2D eigenvalue weighted by Gasteiger charge is -2.49. The number of methoxy groups -OCH3 is 1. The number of amides is 4. The van der Waals surface area contributed by atoms with E-state index in [1.165, 1.54) is 23.0 Å². The molecule has 4 aliphatic rings. The van der Waals surface area contributed by atoms with Gasteiger partial charge < -0.3 is 9.84 Å². The zero-order valence-electron chi connectivity index (χ0n) is 27.7. The van der Waals surface area contributed by atoms with E-state index < -0.39 is 40.9 Å². The molecule has 8 rings (SSSR count).